The second-order valence-electron chi connectivity index (χ2n) is 6.48. The number of aromatic nitrogens is 1. The van der Waals surface area contributed by atoms with E-state index in [1.165, 1.54) is 44.6 Å². The van der Waals surface area contributed by atoms with E-state index >= 15 is 0 Å². The quantitative estimate of drug-likeness (QED) is 0.663. The van der Waals surface area contributed by atoms with Crippen molar-refractivity contribution < 1.29 is 26.7 Å². The molecule has 1 aromatic carbocycles. The van der Waals surface area contributed by atoms with E-state index in [-0.39, 0.29) is 36.2 Å². The lowest BCUT2D eigenvalue weighted by Crippen LogP contribution is -2.45. The third kappa shape index (κ3) is 6.58. The van der Waals surface area contributed by atoms with E-state index in [1.807, 2.05) is 0 Å². The summed E-state index contributed by atoms with van der Waals surface area (Å²) in [6.07, 6.45) is 1.33. The number of hydrogen-bond donors (Lipinski definition) is 2. The van der Waals surface area contributed by atoms with Crippen LogP contribution < -0.4 is 11.1 Å². The number of anilines is 1. The number of guanidine groups is 1. The fraction of sp³-hybridized carbons (Fsp3) is 0.316. The van der Waals surface area contributed by atoms with E-state index < -0.39 is 33.5 Å². The number of hydrogen-bond acceptors (Lipinski definition) is 7. The van der Waals surface area contributed by atoms with E-state index in [0.717, 1.165) is 10.4 Å². The lowest BCUT2D eigenvalue weighted by Gasteiger charge is -2.27. The molecule has 0 spiro atoms. The summed E-state index contributed by atoms with van der Waals surface area (Å²) in [5.41, 5.74) is 6.02. The Labute approximate surface area is 189 Å². The lowest BCUT2D eigenvalue weighted by atomic mass is 10.1. The summed E-state index contributed by atoms with van der Waals surface area (Å²) >= 11 is 5.73. The summed E-state index contributed by atoms with van der Waals surface area (Å²) in [5, 5.41) is 2.96. The maximum Gasteiger partial charge on any atom is 0.274 e. The van der Waals surface area contributed by atoms with Gasteiger partial charge in [-0.1, -0.05) is 11.6 Å². The molecule has 0 saturated heterocycles. The van der Waals surface area contributed by atoms with E-state index in [4.69, 9.17) is 17.3 Å². The van der Waals surface area contributed by atoms with Gasteiger partial charge >= 0.3 is 0 Å². The molecule has 1 aliphatic rings. The van der Waals surface area contributed by atoms with Crippen molar-refractivity contribution in [1.82, 2.24) is 9.29 Å². The summed E-state index contributed by atoms with van der Waals surface area (Å²) in [5.74, 6) is -1.84. The highest BCUT2D eigenvalue weighted by atomic mass is 35.5. The number of rotatable bonds is 5. The third-order valence-electron chi connectivity index (χ3n) is 4.25. The standard InChI is InChI=1S/C16H15ClFN5O3S.C3H7FO/c1-23-16(19)22-14(8-27(23,25)26)11-6-10(3-4-12(11)18)21-15(24)13-5-2-9(17)7-20-13;1-5-3-2-4/h2-7,14H,8H2,1H3,(H2,19,22)(H,21,24);2-3H2,1H3. The maximum atomic E-state index is 14.3. The Morgan fingerprint density at radius 2 is 2.09 bits per heavy atom. The average Bonchev–Trinajstić information content (AvgIpc) is 2.74. The minimum absolute atomic E-state index is 0.0106. The molecule has 174 valence electrons. The van der Waals surface area contributed by atoms with Crippen LogP contribution in [0.25, 0.3) is 0 Å². The molecule has 0 aliphatic carbocycles. The number of amides is 1. The highest BCUT2D eigenvalue weighted by Crippen LogP contribution is 2.29. The van der Waals surface area contributed by atoms with Gasteiger partial charge in [-0.15, -0.1) is 0 Å². The molecule has 0 saturated carbocycles. The molecule has 1 aromatic heterocycles. The van der Waals surface area contributed by atoms with Gasteiger partial charge in [0.15, 0.2) is 0 Å². The Kier molecular flexibility index (Phi) is 8.87. The number of pyridine rings is 1. The molecular weight excluding hydrogens is 468 g/mol. The molecule has 2 heterocycles. The average molecular weight is 490 g/mol. The fourth-order valence-electron chi connectivity index (χ4n) is 2.55. The first-order valence-corrected chi connectivity index (χ1v) is 11.1. The summed E-state index contributed by atoms with van der Waals surface area (Å²) in [7, 11) is -0.961. The zero-order valence-corrected chi connectivity index (χ0v) is 18.8. The van der Waals surface area contributed by atoms with Crippen LogP contribution in [-0.4, -0.2) is 62.8 Å². The lowest BCUT2D eigenvalue weighted by molar-refractivity contribution is 0.102. The van der Waals surface area contributed by atoms with Crippen LogP contribution in [-0.2, 0) is 14.8 Å². The number of nitrogens with one attached hydrogen (secondary N) is 1. The number of benzene rings is 1. The topological polar surface area (TPSA) is 127 Å². The van der Waals surface area contributed by atoms with E-state index in [1.54, 1.807) is 0 Å². The Balaban J connectivity index is 0.000000654. The molecule has 0 fully saturated rings. The zero-order valence-electron chi connectivity index (χ0n) is 17.3. The number of nitrogens with zero attached hydrogens (tertiary/aromatic N) is 3. The predicted octanol–water partition coefficient (Wildman–Crippen LogP) is 2.36. The van der Waals surface area contributed by atoms with Crippen molar-refractivity contribution in [3.63, 3.8) is 0 Å². The van der Waals surface area contributed by atoms with Crippen LogP contribution >= 0.6 is 11.6 Å². The molecule has 0 bridgehead atoms. The first-order valence-electron chi connectivity index (χ1n) is 9.16. The predicted molar refractivity (Wildman–Crippen MR) is 117 cm³/mol. The normalized spacial score (nSPS) is 17.1. The van der Waals surface area contributed by atoms with Crippen LogP contribution in [0.5, 0.6) is 0 Å². The van der Waals surface area contributed by atoms with E-state index in [0.29, 0.717) is 5.02 Å². The van der Waals surface area contributed by atoms with Crippen molar-refractivity contribution in [2.24, 2.45) is 10.7 Å². The summed E-state index contributed by atoms with van der Waals surface area (Å²) in [6, 6.07) is 5.74. The first kappa shape index (κ1) is 25.4. The Morgan fingerprint density at radius 3 is 2.62 bits per heavy atom. The van der Waals surface area contributed by atoms with Crippen molar-refractivity contribution in [3.05, 3.63) is 58.6 Å². The molecule has 32 heavy (non-hydrogen) atoms. The molecule has 1 aliphatic heterocycles. The molecule has 0 radical (unpaired) electrons. The number of aliphatic imine (C=N–C) groups is 1. The van der Waals surface area contributed by atoms with Crippen molar-refractivity contribution in [1.29, 1.82) is 0 Å². The van der Waals surface area contributed by atoms with Gasteiger partial charge in [0, 0.05) is 31.6 Å². The SMILES string of the molecule is CN1C(N)=NC(c2cc(NC(=O)c3ccc(Cl)cn3)ccc2F)CS1(=O)=O.COCCF. The number of halogens is 3. The molecule has 1 amide bonds. The second kappa shape index (κ2) is 11.2. The van der Waals surface area contributed by atoms with Crippen molar-refractivity contribution in [2.45, 2.75) is 6.04 Å². The monoisotopic (exact) mass is 489 g/mol. The van der Waals surface area contributed by atoms with Gasteiger partial charge in [-0.05, 0) is 30.3 Å². The molecule has 1 unspecified atom stereocenters. The number of sulfonamides is 1. The number of alkyl halides is 1. The Bertz CT molecular complexity index is 1080. The largest absolute Gasteiger partial charge is 0.382 e. The Hall–Kier alpha value is -2.83. The van der Waals surface area contributed by atoms with Gasteiger partial charge in [-0.3, -0.25) is 4.79 Å². The van der Waals surface area contributed by atoms with Gasteiger partial charge in [0.25, 0.3) is 5.91 Å². The van der Waals surface area contributed by atoms with Crippen LogP contribution in [0.1, 0.15) is 22.1 Å². The van der Waals surface area contributed by atoms with E-state index in [2.05, 4.69) is 20.0 Å². The molecule has 3 N–H and O–H groups in total. The third-order valence-corrected chi connectivity index (χ3v) is 6.23. The number of methoxy groups -OCH3 is 1. The molecule has 13 heteroatoms. The summed E-state index contributed by atoms with van der Waals surface area (Å²) in [4.78, 5) is 20.2. The molecule has 9 nitrogen and oxygen atoms in total. The van der Waals surface area contributed by atoms with Crippen LogP contribution in [0.15, 0.2) is 41.5 Å². The van der Waals surface area contributed by atoms with Crippen LogP contribution in [0.4, 0.5) is 14.5 Å². The number of ether oxygens (including phenoxy) is 1. The minimum Gasteiger partial charge on any atom is -0.382 e. The smallest absolute Gasteiger partial charge is 0.274 e. The number of carbonyl (C=O) groups excluding carboxylic acids is 1. The number of carbonyl (C=O) groups is 1. The summed E-state index contributed by atoms with van der Waals surface area (Å²) < 4.78 is 54.5. The van der Waals surface area contributed by atoms with Gasteiger partial charge in [-0.2, -0.15) is 0 Å². The minimum atomic E-state index is -3.71. The maximum absolute atomic E-state index is 14.3. The zero-order chi connectivity index (χ0) is 23.9. The van der Waals surface area contributed by atoms with Gasteiger partial charge < -0.3 is 15.8 Å². The van der Waals surface area contributed by atoms with Crippen molar-refractivity contribution >= 4 is 39.2 Å². The highest BCUT2D eigenvalue weighted by molar-refractivity contribution is 7.89. The Morgan fingerprint density at radius 1 is 1.38 bits per heavy atom. The molecule has 2 aromatic rings. The van der Waals surface area contributed by atoms with Gasteiger partial charge in [0.1, 0.15) is 18.2 Å². The van der Waals surface area contributed by atoms with Crippen LogP contribution in [0, 0.1) is 5.82 Å². The van der Waals surface area contributed by atoms with Crippen molar-refractivity contribution in [3.8, 4) is 0 Å². The molecular formula is C19H22ClF2N5O4S. The summed E-state index contributed by atoms with van der Waals surface area (Å²) in [6.45, 7) is -0.156. The van der Waals surface area contributed by atoms with Gasteiger partial charge in [0.05, 0.1) is 23.4 Å². The van der Waals surface area contributed by atoms with Gasteiger partial charge in [0.2, 0.25) is 16.0 Å². The molecule has 3 rings (SSSR count). The van der Waals surface area contributed by atoms with Crippen molar-refractivity contribution in [2.75, 3.05) is 38.5 Å². The highest BCUT2D eigenvalue weighted by Gasteiger charge is 2.32. The van der Waals surface area contributed by atoms with E-state index in [9.17, 15) is 22.0 Å². The van der Waals surface area contributed by atoms with Crippen LogP contribution in [0.3, 0.4) is 0 Å². The number of nitrogens with two attached hydrogens (primary N) is 1. The molecule has 1 atom stereocenters. The fourth-order valence-corrected chi connectivity index (χ4v) is 3.87. The second-order valence-corrected chi connectivity index (χ2v) is 8.96. The van der Waals surface area contributed by atoms with Gasteiger partial charge in [-0.25, -0.2) is 31.5 Å². The first-order chi connectivity index (χ1) is 15.1. The van der Waals surface area contributed by atoms with Crippen LogP contribution in [0.2, 0.25) is 5.02 Å².